The van der Waals surface area contributed by atoms with E-state index in [0.29, 0.717) is 6.61 Å². The first-order chi connectivity index (χ1) is 10.3. The van der Waals surface area contributed by atoms with Crippen LogP contribution in [0.15, 0.2) is 35.3 Å². The second kappa shape index (κ2) is 11.0. The molecule has 5 heteroatoms. The van der Waals surface area contributed by atoms with Crippen molar-refractivity contribution in [2.45, 2.75) is 13.3 Å². The quantitative estimate of drug-likeness (QED) is 0.430. The van der Waals surface area contributed by atoms with E-state index in [1.54, 1.807) is 7.05 Å². The third-order valence-corrected chi connectivity index (χ3v) is 2.96. The summed E-state index contributed by atoms with van der Waals surface area (Å²) >= 11 is 0. The van der Waals surface area contributed by atoms with Gasteiger partial charge in [-0.05, 0) is 25.5 Å². The molecule has 0 saturated heterocycles. The zero-order valence-corrected chi connectivity index (χ0v) is 13.3. The predicted octanol–water partition coefficient (Wildman–Crippen LogP) is 2.00. The third-order valence-electron chi connectivity index (χ3n) is 2.96. The van der Waals surface area contributed by atoms with Gasteiger partial charge in [-0.15, -0.1) is 0 Å². The van der Waals surface area contributed by atoms with Gasteiger partial charge in [0.2, 0.25) is 0 Å². The Labute approximate surface area is 128 Å². The molecule has 0 spiro atoms. The van der Waals surface area contributed by atoms with E-state index < -0.39 is 0 Å². The van der Waals surface area contributed by atoms with Gasteiger partial charge in [0.15, 0.2) is 5.96 Å². The highest BCUT2D eigenvalue weighted by Crippen LogP contribution is 2.07. The summed E-state index contributed by atoms with van der Waals surface area (Å²) in [5.41, 5.74) is 0. The van der Waals surface area contributed by atoms with Crippen LogP contribution in [0.5, 0.6) is 5.75 Å². The van der Waals surface area contributed by atoms with Crippen LogP contribution in [0.25, 0.3) is 0 Å². The van der Waals surface area contributed by atoms with Gasteiger partial charge in [-0.2, -0.15) is 0 Å². The topological polar surface area (TPSA) is 46.1 Å². The predicted molar refractivity (Wildman–Crippen MR) is 87.0 cm³/mol. The Morgan fingerprint density at radius 3 is 2.67 bits per heavy atom. The molecule has 21 heavy (non-hydrogen) atoms. The molecule has 0 aliphatic rings. The molecule has 0 radical (unpaired) electrons. The zero-order valence-electron chi connectivity index (χ0n) is 13.3. The number of benzene rings is 1. The van der Waals surface area contributed by atoms with E-state index in [4.69, 9.17) is 9.47 Å². The number of hydrogen-bond acceptors (Lipinski definition) is 3. The molecule has 1 aromatic carbocycles. The number of rotatable bonds is 9. The first-order valence-electron chi connectivity index (χ1n) is 7.45. The van der Waals surface area contributed by atoms with Crippen molar-refractivity contribution in [3.8, 4) is 5.75 Å². The van der Waals surface area contributed by atoms with Crippen molar-refractivity contribution in [1.82, 2.24) is 10.2 Å². The minimum Gasteiger partial charge on any atom is -0.492 e. The van der Waals surface area contributed by atoms with Gasteiger partial charge in [-0.1, -0.05) is 18.2 Å². The van der Waals surface area contributed by atoms with Crippen LogP contribution in [-0.2, 0) is 4.74 Å². The summed E-state index contributed by atoms with van der Waals surface area (Å²) in [6, 6.07) is 9.84. The average molecular weight is 293 g/mol. The van der Waals surface area contributed by atoms with Crippen molar-refractivity contribution in [1.29, 1.82) is 0 Å². The van der Waals surface area contributed by atoms with Crippen molar-refractivity contribution in [2.24, 2.45) is 4.99 Å². The van der Waals surface area contributed by atoms with E-state index in [0.717, 1.165) is 44.4 Å². The Bertz CT molecular complexity index is 396. The third kappa shape index (κ3) is 7.56. The molecule has 1 aromatic rings. The standard InChI is InChI=1S/C16H27N3O2/c1-4-20-13-8-11-18-16(17-2)19(3)12-14-21-15-9-6-5-7-10-15/h5-7,9-10H,4,8,11-14H2,1-3H3,(H,17,18). The van der Waals surface area contributed by atoms with Crippen molar-refractivity contribution >= 4 is 5.96 Å². The van der Waals surface area contributed by atoms with Crippen LogP contribution in [0.1, 0.15) is 13.3 Å². The van der Waals surface area contributed by atoms with Gasteiger partial charge < -0.3 is 19.7 Å². The second-order valence-electron chi connectivity index (χ2n) is 4.61. The molecule has 0 unspecified atom stereocenters. The molecular formula is C16H27N3O2. The fraction of sp³-hybridized carbons (Fsp3) is 0.562. The summed E-state index contributed by atoms with van der Waals surface area (Å²) in [5.74, 6) is 1.77. The van der Waals surface area contributed by atoms with E-state index in [-0.39, 0.29) is 0 Å². The zero-order chi connectivity index (χ0) is 15.3. The van der Waals surface area contributed by atoms with Crippen molar-refractivity contribution in [2.75, 3.05) is 47.0 Å². The van der Waals surface area contributed by atoms with Crippen molar-refractivity contribution < 1.29 is 9.47 Å². The Kier molecular flexibility index (Phi) is 9.04. The molecule has 1 N–H and O–H groups in total. The molecule has 0 atom stereocenters. The highest BCUT2D eigenvalue weighted by Gasteiger charge is 2.05. The van der Waals surface area contributed by atoms with Crippen LogP contribution >= 0.6 is 0 Å². The van der Waals surface area contributed by atoms with Crippen molar-refractivity contribution in [3.05, 3.63) is 30.3 Å². The lowest BCUT2D eigenvalue weighted by atomic mass is 10.3. The summed E-state index contributed by atoms with van der Waals surface area (Å²) in [4.78, 5) is 6.33. The summed E-state index contributed by atoms with van der Waals surface area (Å²) in [6.07, 6.45) is 0.973. The monoisotopic (exact) mass is 293 g/mol. The number of guanidine groups is 1. The molecule has 0 aliphatic heterocycles. The van der Waals surface area contributed by atoms with Crippen molar-refractivity contribution in [3.63, 3.8) is 0 Å². The number of nitrogens with one attached hydrogen (secondary N) is 1. The summed E-state index contributed by atoms with van der Waals surface area (Å²) in [7, 11) is 3.80. The molecule has 0 heterocycles. The maximum absolute atomic E-state index is 5.68. The minimum atomic E-state index is 0.625. The van der Waals surface area contributed by atoms with Gasteiger partial charge in [-0.3, -0.25) is 4.99 Å². The number of para-hydroxylation sites is 1. The van der Waals surface area contributed by atoms with E-state index in [1.165, 1.54) is 0 Å². The van der Waals surface area contributed by atoms with Gasteiger partial charge >= 0.3 is 0 Å². The fourth-order valence-electron chi connectivity index (χ4n) is 1.83. The summed E-state index contributed by atoms with van der Waals surface area (Å²) in [5, 5.41) is 3.32. The van der Waals surface area contributed by atoms with Gasteiger partial charge in [0, 0.05) is 33.9 Å². The maximum atomic E-state index is 5.68. The lowest BCUT2D eigenvalue weighted by molar-refractivity contribution is 0.145. The van der Waals surface area contributed by atoms with Crippen LogP contribution < -0.4 is 10.1 Å². The first-order valence-corrected chi connectivity index (χ1v) is 7.45. The number of hydrogen-bond donors (Lipinski definition) is 1. The fourth-order valence-corrected chi connectivity index (χ4v) is 1.83. The van der Waals surface area contributed by atoms with Crippen LogP contribution in [-0.4, -0.2) is 57.9 Å². The summed E-state index contributed by atoms with van der Waals surface area (Å²) < 4.78 is 11.0. The molecular weight excluding hydrogens is 266 g/mol. The molecule has 0 aromatic heterocycles. The molecule has 0 amide bonds. The van der Waals surface area contributed by atoms with E-state index in [9.17, 15) is 0 Å². The summed E-state index contributed by atoms with van der Waals surface area (Å²) in [6.45, 7) is 5.82. The van der Waals surface area contributed by atoms with Crippen LogP contribution in [0.3, 0.4) is 0 Å². The highest BCUT2D eigenvalue weighted by atomic mass is 16.5. The van der Waals surface area contributed by atoms with E-state index in [2.05, 4.69) is 15.2 Å². The molecule has 5 nitrogen and oxygen atoms in total. The number of ether oxygens (including phenoxy) is 2. The largest absolute Gasteiger partial charge is 0.492 e. The van der Waals surface area contributed by atoms with Gasteiger partial charge in [-0.25, -0.2) is 0 Å². The lowest BCUT2D eigenvalue weighted by Gasteiger charge is -2.22. The molecule has 0 saturated carbocycles. The average Bonchev–Trinajstić information content (AvgIpc) is 2.52. The molecule has 0 fully saturated rings. The van der Waals surface area contributed by atoms with Crippen LogP contribution in [0.4, 0.5) is 0 Å². The second-order valence-corrected chi connectivity index (χ2v) is 4.61. The van der Waals surface area contributed by atoms with Crippen LogP contribution in [0.2, 0.25) is 0 Å². The highest BCUT2D eigenvalue weighted by molar-refractivity contribution is 5.79. The van der Waals surface area contributed by atoms with Gasteiger partial charge in [0.05, 0.1) is 6.54 Å². The molecule has 118 valence electrons. The number of likely N-dealkylation sites (N-methyl/N-ethyl adjacent to an activating group) is 1. The Hall–Kier alpha value is -1.75. The van der Waals surface area contributed by atoms with Gasteiger partial charge in [0.1, 0.15) is 12.4 Å². The Morgan fingerprint density at radius 2 is 2.00 bits per heavy atom. The normalized spacial score (nSPS) is 11.3. The SMILES string of the molecule is CCOCCCNC(=NC)N(C)CCOc1ccccc1. The lowest BCUT2D eigenvalue weighted by Crippen LogP contribution is -2.41. The first kappa shape index (κ1) is 17.3. The number of nitrogens with zero attached hydrogens (tertiary/aromatic N) is 2. The van der Waals surface area contributed by atoms with Crippen LogP contribution in [0, 0.1) is 0 Å². The smallest absolute Gasteiger partial charge is 0.193 e. The Morgan fingerprint density at radius 1 is 1.24 bits per heavy atom. The van der Waals surface area contributed by atoms with E-state index >= 15 is 0 Å². The molecule has 0 bridgehead atoms. The number of aliphatic imine (C=N–C) groups is 1. The minimum absolute atomic E-state index is 0.625. The molecule has 0 aliphatic carbocycles. The van der Waals surface area contributed by atoms with Gasteiger partial charge in [0.25, 0.3) is 0 Å². The maximum Gasteiger partial charge on any atom is 0.193 e. The Balaban J connectivity index is 2.20. The van der Waals surface area contributed by atoms with E-state index in [1.807, 2.05) is 44.3 Å². The molecule has 1 rings (SSSR count).